The van der Waals surface area contributed by atoms with Crippen LogP contribution in [-0.4, -0.2) is 23.9 Å². The van der Waals surface area contributed by atoms with Gasteiger partial charge in [-0.1, -0.05) is 44.0 Å². The minimum absolute atomic E-state index is 0.171. The first-order valence-corrected chi connectivity index (χ1v) is 8.35. The molecule has 1 N–H and O–H groups in total. The molecule has 1 aliphatic heterocycles. The van der Waals surface area contributed by atoms with Crippen molar-refractivity contribution < 1.29 is 4.79 Å². The van der Waals surface area contributed by atoms with Gasteiger partial charge in [-0.2, -0.15) is 0 Å². The lowest BCUT2D eigenvalue weighted by Gasteiger charge is -2.27. The molecule has 1 aromatic carbocycles. The van der Waals surface area contributed by atoms with Gasteiger partial charge in [-0.15, -0.1) is 0 Å². The maximum absolute atomic E-state index is 11.8. The summed E-state index contributed by atoms with van der Waals surface area (Å²) in [5.74, 6) is 0.171. The molecule has 116 valence electrons. The van der Waals surface area contributed by atoms with Crippen LogP contribution in [0.1, 0.15) is 56.6 Å². The molecule has 1 fully saturated rings. The molecule has 0 radical (unpaired) electrons. The van der Waals surface area contributed by atoms with Crippen LogP contribution in [0.3, 0.4) is 0 Å². The molecule has 0 saturated carbocycles. The quantitative estimate of drug-likeness (QED) is 0.833. The fraction of sp³-hybridized carbons (Fsp3) is 0.611. The fourth-order valence-electron chi connectivity index (χ4n) is 2.86. The third-order valence-electron chi connectivity index (χ3n) is 4.19. The maximum Gasteiger partial charge on any atom is 0.220 e. The zero-order valence-electron chi connectivity index (χ0n) is 13.2. The van der Waals surface area contributed by atoms with Crippen molar-refractivity contribution in [2.24, 2.45) is 0 Å². The predicted molar refractivity (Wildman–Crippen MR) is 86.9 cm³/mol. The second-order valence-corrected chi connectivity index (χ2v) is 5.99. The van der Waals surface area contributed by atoms with E-state index in [1.165, 1.54) is 43.5 Å². The van der Waals surface area contributed by atoms with Crippen molar-refractivity contribution in [2.75, 3.05) is 13.1 Å². The van der Waals surface area contributed by atoms with Crippen LogP contribution < -0.4 is 5.32 Å². The number of unbranched alkanes of at least 4 members (excludes halogenated alkanes) is 1. The van der Waals surface area contributed by atoms with Crippen LogP contribution in [0.5, 0.6) is 0 Å². The molecule has 0 aromatic heterocycles. The van der Waals surface area contributed by atoms with Crippen LogP contribution in [0.25, 0.3) is 0 Å². The molecule has 3 nitrogen and oxygen atoms in total. The number of hydrogen-bond donors (Lipinski definition) is 1. The summed E-state index contributed by atoms with van der Waals surface area (Å²) in [7, 11) is 0. The van der Waals surface area contributed by atoms with Crippen LogP contribution in [-0.2, 0) is 17.9 Å². The van der Waals surface area contributed by atoms with E-state index in [9.17, 15) is 4.79 Å². The number of benzene rings is 1. The highest BCUT2D eigenvalue weighted by Gasteiger charge is 2.12. The number of amides is 1. The van der Waals surface area contributed by atoms with Gasteiger partial charge < -0.3 is 5.32 Å². The van der Waals surface area contributed by atoms with Crippen molar-refractivity contribution in [2.45, 2.75) is 58.5 Å². The first-order chi connectivity index (χ1) is 10.3. The van der Waals surface area contributed by atoms with E-state index in [2.05, 4.69) is 41.4 Å². The highest BCUT2D eigenvalue weighted by molar-refractivity contribution is 5.75. The molecule has 1 amide bonds. The normalized spacial score (nSPS) is 15.9. The van der Waals surface area contributed by atoms with E-state index in [4.69, 9.17) is 0 Å². The van der Waals surface area contributed by atoms with Crippen LogP contribution in [0.2, 0.25) is 0 Å². The summed E-state index contributed by atoms with van der Waals surface area (Å²) >= 11 is 0. The molecule has 2 rings (SSSR count). The van der Waals surface area contributed by atoms with Gasteiger partial charge in [0.2, 0.25) is 5.91 Å². The third-order valence-corrected chi connectivity index (χ3v) is 4.19. The van der Waals surface area contributed by atoms with Crippen molar-refractivity contribution in [3.63, 3.8) is 0 Å². The molecular formula is C18H28N2O. The Hall–Kier alpha value is -1.35. The van der Waals surface area contributed by atoms with Crippen molar-refractivity contribution in [1.29, 1.82) is 0 Å². The number of nitrogens with one attached hydrogen (secondary N) is 1. The first-order valence-electron chi connectivity index (χ1n) is 8.35. The van der Waals surface area contributed by atoms with Crippen molar-refractivity contribution >= 4 is 5.91 Å². The van der Waals surface area contributed by atoms with Crippen LogP contribution in [0, 0.1) is 0 Å². The van der Waals surface area contributed by atoms with E-state index >= 15 is 0 Å². The van der Waals surface area contributed by atoms with Gasteiger partial charge in [0.05, 0.1) is 0 Å². The maximum atomic E-state index is 11.8. The Labute approximate surface area is 128 Å². The Morgan fingerprint density at radius 2 is 1.86 bits per heavy atom. The van der Waals surface area contributed by atoms with E-state index in [0.717, 1.165) is 19.4 Å². The number of hydrogen-bond acceptors (Lipinski definition) is 2. The topological polar surface area (TPSA) is 32.3 Å². The molecule has 0 aliphatic carbocycles. The lowest BCUT2D eigenvalue weighted by molar-refractivity contribution is -0.121. The average molecular weight is 288 g/mol. The highest BCUT2D eigenvalue weighted by atomic mass is 16.1. The molecule has 1 heterocycles. The monoisotopic (exact) mass is 288 g/mol. The number of piperidine rings is 1. The van der Waals surface area contributed by atoms with Gasteiger partial charge in [-0.05, 0) is 43.5 Å². The van der Waals surface area contributed by atoms with Crippen LogP contribution in [0.4, 0.5) is 0 Å². The largest absolute Gasteiger partial charge is 0.352 e. The molecule has 0 spiro atoms. The summed E-state index contributed by atoms with van der Waals surface area (Å²) in [6.45, 7) is 6.20. The lowest BCUT2D eigenvalue weighted by Crippen LogP contribution is -2.30. The molecule has 0 bridgehead atoms. The first kappa shape index (κ1) is 16.0. The number of carbonyl (C=O) groups is 1. The summed E-state index contributed by atoms with van der Waals surface area (Å²) in [6, 6.07) is 8.50. The van der Waals surface area contributed by atoms with Crippen molar-refractivity contribution in [1.82, 2.24) is 10.2 Å². The Morgan fingerprint density at radius 1 is 1.14 bits per heavy atom. The van der Waals surface area contributed by atoms with E-state index in [0.29, 0.717) is 13.0 Å². The van der Waals surface area contributed by atoms with Gasteiger partial charge in [0, 0.05) is 19.5 Å². The number of rotatable bonds is 7. The Balaban J connectivity index is 1.88. The van der Waals surface area contributed by atoms with Crippen LogP contribution in [0.15, 0.2) is 24.3 Å². The smallest absolute Gasteiger partial charge is 0.220 e. The van der Waals surface area contributed by atoms with Gasteiger partial charge in [-0.25, -0.2) is 0 Å². The number of likely N-dealkylation sites (tertiary alicyclic amines) is 1. The fourth-order valence-corrected chi connectivity index (χ4v) is 2.86. The van der Waals surface area contributed by atoms with E-state index in [1.807, 2.05) is 0 Å². The number of carbonyl (C=O) groups excluding carboxylic acids is 1. The van der Waals surface area contributed by atoms with E-state index < -0.39 is 0 Å². The summed E-state index contributed by atoms with van der Waals surface area (Å²) < 4.78 is 0. The summed E-state index contributed by atoms with van der Waals surface area (Å²) in [5, 5.41) is 3.05. The second kappa shape index (κ2) is 8.83. The SMILES string of the molecule is CCCCC(=O)NCc1ccccc1CN1CCCCC1. The van der Waals surface area contributed by atoms with Gasteiger partial charge in [-0.3, -0.25) is 9.69 Å². The minimum atomic E-state index is 0.171. The molecule has 3 heteroatoms. The molecule has 0 atom stereocenters. The zero-order chi connectivity index (χ0) is 14.9. The summed E-state index contributed by atoms with van der Waals surface area (Å²) in [6.07, 6.45) is 6.68. The predicted octanol–water partition coefficient (Wildman–Crippen LogP) is 3.48. The van der Waals surface area contributed by atoms with Crippen LogP contribution >= 0.6 is 0 Å². The molecule has 1 aliphatic rings. The summed E-state index contributed by atoms with van der Waals surface area (Å²) in [5.41, 5.74) is 2.61. The van der Waals surface area contributed by atoms with Gasteiger partial charge in [0.15, 0.2) is 0 Å². The van der Waals surface area contributed by atoms with Gasteiger partial charge >= 0.3 is 0 Å². The minimum Gasteiger partial charge on any atom is -0.352 e. The Kier molecular flexibility index (Phi) is 6.74. The molecule has 0 unspecified atom stereocenters. The van der Waals surface area contributed by atoms with E-state index in [1.54, 1.807) is 0 Å². The molecule has 21 heavy (non-hydrogen) atoms. The standard InChI is InChI=1S/C18H28N2O/c1-2-3-11-18(21)19-14-16-9-5-6-10-17(16)15-20-12-7-4-8-13-20/h5-6,9-10H,2-4,7-8,11-15H2,1H3,(H,19,21). The molecular weight excluding hydrogens is 260 g/mol. The van der Waals surface area contributed by atoms with Crippen molar-refractivity contribution in [3.05, 3.63) is 35.4 Å². The van der Waals surface area contributed by atoms with Crippen molar-refractivity contribution in [3.8, 4) is 0 Å². The summed E-state index contributed by atoms with van der Waals surface area (Å²) in [4.78, 5) is 14.3. The molecule has 1 aromatic rings. The zero-order valence-corrected chi connectivity index (χ0v) is 13.2. The lowest BCUT2D eigenvalue weighted by atomic mass is 10.0. The van der Waals surface area contributed by atoms with E-state index in [-0.39, 0.29) is 5.91 Å². The highest BCUT2D eigenvalue weighted by Crippen LogP contribution is 2.16. The second-order valence-electron chi connectivity index (χ2n) is 5.99. The average Bonchev–Trinajstić information content (AvgIpc) is 2.53. The number of nitrogens with zero attached hydrogens (tertiary/aromatic N) is 1. The third kappa shape index (κ3) is 5.50. The molecule has 1 saturated heterocycles. The Bertz CT molecular complexity index is 439. The van der Waals surface area contributed by atoms with Gasteiger partial charge in [0.1, 0.15) is 0 Å². The Morgan fingerprint density at radius 3 is 2.57 bits per heavy atom. The van der Waals surface area contributed by atoms with Gasteiger partial charge in [0.25, 0.3) is 0 Å².